The maximum atomic E-state index is 13.5. The van der Waals surface area contributed by atoms with Crippen molar-refractivity contribution in [1.82, 2.24) is 14.9 Å². The summed E-state index contributed by atoms with van der Waals surface area (Å²) >= 11 is 1.27. The lowest BCUT2D eigenvalue weighted by molar-refractivity contribution is 0.102. The Hall–Kier alpha value is -2.90. The number of rotatable bonds is 3. The molecule has 0 aliphatic carbocycles. The van der Waals surface area contributed by atoms with Gasteiger partial charge < -0.3 is 0 Å². The molecule has 0 saturated carbocycles. The van der Waals surface area contributed by atoms with E-state index in [0.29, 0.717) is 27.5 Å². The average molecular weight is 406 g/mol. The first-order valence-corrected chi connectivity index (χ1v) is 10.4. The third-order valence-electron chi connectivity index (χ3n) is 5.37. The molecule has 1 N–H and O–H groups in total. The van der Waals surface area contributed by atoms with Crippen molar-refractivity contribution in [3.8, 4) is 0 Å². The maximum Gasteiger partial charge on any atom is 0.258 e. The molecule has 0 unspecified atom stereocenters. The van der Waals surface area contributed by atoms with Crippen molar-refractivity contribution in [2.24, 2.45) is 0 Å². The molecule has 5 nitrogen and oxygen atoms in total. The Labute approximate surface area is 171 Å². The van der Waals surface area contributed by atoms with Gasteiger partial charge in [0, 0.05) is 36.2 Å². The normalized spacial score (nSPS) is 14.3. The number of carbonyl (C=O) groups is 1. The van der Waals surface area contributed by atoms with Crippen LogP contribution in [0.1, 0.15) is 28.5 Å². The van der Waals surface area contributed by atoms with Crippen molar-refractivity contribution in [1.29, 1.82) is 0 Å². The lowest BCUT2D eigenvalue weighted by atomic mass is 9.95. The topological polar surface area (TPSA) is 58.1 Å². The van der Waals surface area contributed by atoms with Crippen LogP contribution >= 0.6 is 11.3 Å². The van der Waals surface area contributed by atoms with Crippen molar-refractivity contribution in [3.63, 3.8) is 0 Å². The fourth-order valence-corrected chi connectivity index (χ4v) is 4.77. The van der Waals surface area contributed by atoms with Crippen molar-refractivity contribution in [3.05, 3.63) is 65.1 Å². The standard InChI is InChI=1S/C22H19FN4OS/c1-2-27-10-9-17-15(12-27)20(14-5-3-4-6-16(14)24-17)21(28)26-22-25-18-8-7-13(23)11-19(18)29-22/h3-8,11H,2,9-10,12H2,1H3,(H,25,26,28). The third kappa shape index (κ3) is 3.26. The molecule has 7 heteroatoms. The van der Waals surface area contributed by atoms with Crippen molar-refractivity contribution in [2.45, 2.75) is 19.9 Å². The first kappa shape index (κ1) is 18.1. The van der Waals surface area contributed by atoms with Crippen LogP contribution in [0.25, 0.3) is 21.1 Å². The molecule has 146 valence electrons. The highest BCUT2D eigenvalue weighted by Crippen LogP contribution is 2.31. The second-order valence-electron chi connectivity index (χ2n) is 7.13. The van der Waals surface area contributed by atoms with E-state index >= 15 is 0 Å². The van der Waals surface area contributed by atoms with E-state index in [1.807, 2.05) is 24.3 Å². The largest absolute Gasteiger partial charge is 0.299 e. The molecule has 1 aliphatic rings. The highest BCUT2D eigenvalue weighted by atomic mass is 32.1. The van der Waals surface area contributed by atoms with Gasteiger partial charge in [0.05, 0.1) is 21.3 Å². The Morgan fingerprint density at radius 3 is 2.93 bits per heavy atom. The van der Waals surface area contributed by atoms with E-state index in [2.05, 4.69) is 22.1 Å². The minimum absolute atomic E-state index is 0.197. The van der Waals surface area contributed by atoms with Gasteiger partial charge in [-0.15, -0.1) is 0 Å². The Bertz CT molecular complexity index is 1250. The lowest BCUT2D eigenvalue weighted by Crippen LogP contribution is -2.33. The van der Waals surface area contributed by atoms with Gasteiger partial charge >= 0.3 is 0 Å². The molecule has 5 rings (SSSR count). The summed E-state index contributed by atoms with van der Waals surface area (Å²) < 4.78 is 14.2. The SMILES string of the molecule is CCN1CCc2nc3ccccc3c(C(=O)Nc3nc4ccc(F)cc4s3)c2C1. The second-order valence-corrected chi connectivity index (χ2v) is 8.16. The predicted molar refractivity (Wildman–Crippen MR) is 114 cm³/mol. The minimum atomic E-state index is -0.312. The van der Waals surface area contributed by atoms with Gasteiger partial charge in [-0.25, -0.2) is 9.37 Å². The molecule has 0 fully saturated rings. The van der Waals surface area contributed by atoms with Gasteiger partial charge in [-0.2, -0.15) is 0 Å². The molecule has 3 heterocycles. The number of halogens is 1. The molecule has 2 aromatic carbocycles. The molecule has 1 amide bonds. The molecule has 0 radical (unpaired) electrons. The molecule has 0 bridgehead atoms. The molecule has 0 spiro atoms. The zero-order chi connectivity index (χ0) is 20.0. The van der Waals surface area contributed by atoms with Gasteiger partial charge in [-0.1, -0.05) is 36.5 Å². The number of hydrogen-bond acceptors (Lipinski definition) is 5. The van der Waals surface area contributed by atoms with E-state index in [0.717, 1.165) is 41.7 Å². The number of pyridine rings is 1. The number of para-hydroxylation sites is 1. The summed E-state index contributed by atoms with van der Waals surface area (Å²) in [4.78, 5) is 24.9. The van der Waals surface area contributed by atoms with Crippen LogP contribution in [0.4, 0.5) is 9.52 Å². The van der Waals surface area contributed by atoms with Crippen LogP contribution in [-0.2, 0) is 13.0 Å². The monoisotopic (exact) mass is 406 g/mol. The molecule has 2 aromatic heterocycles. The molecule has 1 aliphatic heterocycles. The van der Waals surface area contributed by atoms with Crippen LogP contribution in [0.2, 0.25) is 0 Å². The first-order valence-electron chi connectivity index (χ1n) is 9.62. The summed E-state index contributed by atoms with van der Waals surface area (Å²) in [5.74, 6) is -0.509. The number of amides is 1. The lowest BCUT2D eigenvalue weighted by Gasteiger charge is -2.29. The van der Waals surface area contributed by atoms with Gasteiger partial charge in [0.2, 0.25) is 0 Å². The Morgan fingerprint density at radius 2 is 2.07 bits per heavy atom. The summed E-state index contributed by atoms with van der Waals surface area (Å²) in [7, 11) is 0. The molecule has 29 heavy (non-hydrogen) atoms. The predicted octanol–water partition coefficient (Wildman–Crippen LogP) is 4.61. The van der Waals surface area contributed by atoms with E-state index < -0.39 is 0 Å². The molecule has 0 saturated heterocycles. The van der Waals surface area contributed by atoms with Crippen LogP contribution in [0.3, 0.4) is 0 Å². The number of carbonyl (C=O) groups excluding carboxylic acids is 1. The number of fused-ring (bicyclic) bond motifs is 3. The molecular formula is C22H19FN4OS. The van der Waals surface area contributed by atoms with E-state index in [-0.39, 0.29) is 11.7 Å². The van der Waals surface area contributed by atoms with Gasteiger partial charge in [-0.05, 0) is 30.8 Å². The zero-order valence-corrected chi connectivity index (χ0v) is 16.7. The summed E-state index contributed by atoms with van der Waals surface area (Å²) in [5, 5.41) is 4.25. The summed E-state index contributed by atoms with van der Waals surface area (Å²) in [6.45, 7) is 4.70. The van der Waals surface area contributed by atoms with Gasteiger partial charge in [0.25, 0.3) is 5.91 Å². The maximum absolute atomic E-state index is 13.5. The number of thiazole rings is 1. The van der Waals surface area contributed by atoms with E-state index in [1.165, 1.54) is 23.5 Å². The van der Waals surface area contributed by atoms with Gasteiger partial charge in [-0.3, -0.25) is 20.0 Å². The van der Waals surface area contributed by atoms with E-state index in [4.69, 9.17) is 4.98 Å². The first-order chi connectivity index (χ1) is 14.1. The quantitative estimate of drug-likeness (QED) is 0.540. The number of likely N-dealkylation sites (N-methyl/N-ethyl adjacent to an activating group) is 1. The Morgan fingerprint density at radius 1 is 1.21 bits per heavy atom. The number of aromatic nitrogens is 2. The van der Waals surface area contributed by atoms with Gasteiger partial charge in [0.15, 0.2) is 5.13 Å². The summed E-state index contributed by atoms with van der Waals surface area (Å²) in [6, 6.07) is 12.2. The Balaban J connectivity index is 1.59. The van der Waals surface area contributed by atoms with Gasteiger partial charge in [0.1, 0.15) is 5.82 Å². The number of hydrogen-bond donors (Lipinski definition) is 1. The fourth-order valence-electron chi connectivity index (χ4n) is 3.89. The van der Waals surface area contributed by atoms with Crippen LogP contribution in [0.5, 0.6) is 0 Å². The van der Waals surface area contributed by atoms with E-state index in [1.54, 1.807) is 6.07 Å². The van der Waals surface area contributed by atoms with E-state index in [9.17, 15) is 9.18 Å². The van der Waals surface area contributed by atoms with Crippen molar-refractivity contribution < 1.29 is 9.18 Å². The van der Waals surface area contributed by atoms with Crippen molar-refractivity contribution in [2.75, 3.05) is 18.4 Å². The second kappa shape index (κ2) is 7.17. The number of anilines is 1. The number of nitrogens with one attached hydrogen (secondary N) is 1. The highest BCUT2D eigenvalue weighted by Gasteiger charge is 2.25. The van der Waals surface area contributed by atoms with Crippen LogP contribution in [-0.4, -0.2) is 33.9 Å². The summed E-state index contributed by atoms with van der Waals surface area (Å²) in [6.07, 6.45) is 0.828. The molecule has 0 atom stereocenters. The zero-order valence-electron chi connectivity index (χ0n) is 15.9. The highest BCUT2D eigenvalue weighted by molar-refractivity contribution is 7.22. The van der Waals surface area contributed by atoms with Crippen LogP contribution in [0, 0.1) is 5.82 Å². The van der Waals surface area contributed by atoms with Crippen LogP contribution < -0.4 is 5.32 Å². The summed E-state index contributed by atoms with van der Waals surface area (Å²) in [5.41, 5.74) is 4.14. The fraction of sp³-hybridized carbons (Fsp3) is 0.227. The number of benzene rings is 2. The minimum Gasteiger partial charge on any atom is -0.299 e. The third-order valence-corrected chi connectivity index (χ3v) is 6.30. The Kier molecular flexibility index (Phi) is 4.49. The molecular weight excluding hydrogens is 387 g/mol. The van der Waals surface area contributed by atoms with Crippen molar-refractivity contribution >= 4 is 43.5 Å². The molecule has 4 aromatic rings. The number of nitrogens with zero attached hydrogens (tertiary/aromatic N) is 3. The smallest absolute Gasteiger partial charge is 0.258 e. The average Bonchev–Trinajstić information content (AvgIpc) is 3.12. The van der Waals surface area contributed by atoms with Crippen LogP contribution in [0.15, 0.2) is 42.5 Å².